The number of rotatable bonds is 3. The van der Waals surface area contributed by atoms with E-state index in [0.717, 1.165) is 37.6 Å². The van der Waals surface area contributed by atoms with Crippen LogP contribution in [-0.2, 0) is 9.59 Å². The van der Waals surface area contributed by atoms with Gasteiger partial charge in [-0.25, -0.2) is 4.79 Å². The van der Waals surface area contributed by atoms with E-state index < -0.39 is 5.63 Å². The number of hydrogen-bond donors (Lipinski definition) is 1. The van der Waals surface area contributed by atoms with Crippen LogP contribution in [0.25, 0.3) is 11.0 Å². The molecule has 1 aromatic heterocycles. The number of fused-ring (bicyclic) bond motifs is 1. The fourth-order valence-corrected chi connectivity index (χ4v) is 4.16. The van der Waals surface area contributed by atoms with Crippen molar-refractivity contribution in [3.05, 3.63) is 40.8 Å². The minimum Gasteiger partial charge on any atom is -0.484 e. The monoisotopic (exact) mass is 384 g/mol. The molecule has 3 heterocycles. The summed E-state index contributed by atoms with van der Waals surface area (Å²) in [6.07, 6.45) is 4.32. The molecule has 0 saturated carbocycles. The van der Waals surface area contributed by atoms with Crippen molar-refractivity contribution in [3.8, 4) is 5.75 Å². The second kappa shape index (κ2) is 7.66. The van der Waals surface area contributed by atoms with Crippen LogP contribution in [0.3, 0.4) is 0 Å². The Balaban J connectivity index is 1.32. The molecule has 2 saturated heterocycles. The smallest absolute Gasteiger partial charge is 0.336 e. The quantitative estimate of drug-likeness (QED) is 0.819. The first kappa shape index (κ1) is 18.5. The molecule has 7 heteroatoms. The molecule has 148 valence electrons. The lowest BCUT2D eigenvalue weighted by Gasteiger charge is -2.41. The van der Waals surface area contributed by atoms with E-state index in [4.69, 9.17) is 9.15 Å². The molecule has 1 aromatic carbocycles. The number of carbonyl (C=O) groups is 2. The molecule has 2 fully saturated rings. The van der Waals surface area contributed by atoms with Crippen LogP contribution in [-0.4, -0.2) is 43.0 Å². The number of amides is 2. The standard InChI is InChI=1S/C21H24N2O5/c24-18-5-6-21(7-10-22-18)8-11-23(12-9-21)19(25)14-27-16-3-1-15-2-4-20(26)28-17(15)13-16/h1-4,13H,5-12,14H2,(H,22,24). The Morgan fingerprint density at radius 3 is 2.71 bits per heavy atom. The van der Waals surface area contributed by atoms with Gasteiger partial charge in [-0.3, -0.25) is 9.59 Å². The third kappa shape index (κ3) is 4.03. The molecule has 1 spiro atoms. The van der Waals surface area contributed by atoms with E-state index in [0.29, 0.717) is 30.8 Å². The third-order valence-electron chi connectivity index (χ3n) is 5.99. The lowest BCUT2D eigenvalue weighted by Crippen LogP contribution is -2.45. The molecule has 0 atom stereocenters. The van der Waals surface area contributed by atoms with E-state index >= 15 is 0 Å². The van der Waals surface area contributed by atoms with Crippen molar-refractivity contribution in [2.24, 2.45) is 5.41 Å². The highest BCUT2D eigenvalue weighted by molar-refractivity contribution is 5.79. The number of nitrogens with one attached hydrogen (secondary N) is 1. The first-order valence-corrected chi connectivity index (χ1v) is 9.74. The van der Waals surface area contributed by atoms with Crippen molar-refractivity contribution in [3.63, 3.8) is 0 Å². The molecule has 0 radical (unpaired) electrons. The molecule has 2 aliphatic rings. The van der Waals surface area contributed by atoms with E-state index in [9.17, 15) is 14.4 Å². The summed E-state index contributed by atoms with van der Waals surface area (Å²) in [7, 11) is 0. The zero-order chi connectivity index (χ0) is 19.6. The Bertz CT molecular complexity index is 943. The molecular weight excluding hydrogens is 360 g/mol. The molecule has 4 rings (SSSR count). The van der Waals surface area contributed by atoms with Crippen LogP contribution >= 0.6 is 0 Å². The van der Waals surface area contributed by atoms with Crippen molar-refractivity contribution >= 4 is 22.8 Å². The minimum absolute atomic E-state index is 0.0460. The Kier molecular flexibility index (Phi) is 5.07. The van der Waals surface area contributed by atoms with E-state index in [1.165, 1.54) is 6.07 Å². The first-order valence-electron chi connectivity index (χ1n) is 9.74. The zero-order valence-electron chi connectivity index (χ0n) is 15.7. The van der Waals surface area contributed by atoms with Gasteiger partial charge in [-0.15, -0.1) is 0 Å². The fourth-order valence-electron chi connectivity index (χ4n) is 4.16. The van der Waals surface area contributed by atoms with Crippen LogP contribution in [0.15, 0.2) is 39.5 Å². The summed E-state index contributed by atoms with van der Waals surface area (Å²) in [4.78, 5) is 37.3. The number of likely N-dealkylation sites (tertiary alicyclic amines) is 1. The Labute approximate surface area is 162 Å². The summed E-state index contributed by atoms with van der Waals surface area (Å²) in [6, 6.07) is 8.25. The van der Waals surface area contributed by atoms with Crippen LogP contribution in [0.1, 0.15) is 32.1 Å². The molecule has 2 amide bonds. The second-order valence-electron chi connectivity index (χ2n) is 7.72. The summed E-state index contributed by atoms with van der Waals surface area (Å²) in [6.45, 7) is 2.08. The average Bonchev–Trinajstić information content (AvgIpc) is 2.88. The Hall–Kier alpha value is -2.83. The highest BCUT2D eigenvalue weighted by Gasteiger charge is 2.37. The molecule has 0 aliphatic carbocycles. The van der Waals surface area contributed by atoms with Gasteiger partial charge in [0.15, 0.2) is 6.61 Å². The highest BCUT2D eigenvalue weighted by atomic mass is 16.5. The number of benzene rings is 1. The molecular formula is C21H24N2O5. The van der Waals surface area contributed by atoms with Gasteiger partial charge in [0, 0.05) is 43.6 Å². The second-order valence-corrected chi connectivity index (χ2v) is 7.72. The maximum atomic E-state index is 12.5. The summed E-state index contributed by atoms with van der Waals surface area (Å²) in [5.74, 6) is 0.583. The summed E-state index contributed by atoms with van der Waals surface area (Å²) in [5, 5.41) is 3.74. The summed E-state index contributed by atoms with van der Waals surface area (Å²) in [5.41, 5.74) is 0.194. The van der Waals surface area contributed by atoms with Gasteiger partial charge in [0.05, 0.1) is 0 Å². The van der Waals surface area contributed by atoms with Crippen LogP contribution in [0.2, 0.25) is 0 Å². The minimum atomic E-state index is -0.418. The van der Waals surface area contributed by atoms with Crippen molar-refractivity contribution < 1.29 is 18.7 Å². The predicted molar refractivity (Wildman–Crippen MR) is 103 cm³/mol. The SMILES string of the molecule is O=C1CCC2(CCN1)CCN(C(=O)COc1ccc3ccc(=O)oc3c1)CC2. The lowest BCUT2D eigenvalue weighted by atomic mass is 9.73. The Morgan fingerprint density at radius 2 is 1.89 bits per heavy atom. The van der Waals surface area contributed by atoms with Gasteiger partial charge in [-0.2, -0.15) is 0 Å². The highest BCUT2D eigenvalue weighted by Crippen LogP contribution is 2.40. The van der Waals surface area contributed by atoms with Crippen molar-refractivity contribution in [1.82, 2.24) is 10.2 Å². The largest absolute Gasteiger partial charge is 0.484 e. The zero-order valence-corrected chi connectivity index (χ0v) is 15.7. The number of hydrogen-bond acceptors (Lipinski definition) is 5. The van der Waals surface area contributed by atoms with Gasteiger partial charge >= 0.3 is 5.63 Å². The number of nitrogens with zero attached hydrogens (tertiary/aromatic N) is 1. The fraction of sp³-hybridized carbons (Fsp3) is 0.476. The predicted octanol–water partition coefficient (Wildman–Crippen LogP) is 2.08. The van der Waals surface area contributed by atoms with Crippen LogP contribution < -0.4 is 15.7 Å². The van der Waals surface area contributed by atoms with Gasteiger partial charge in [0.25, 0.3) is 5.91 Å². The van der Waals surface area contributed by atoms with E-state index in [1.54, 1.807) is 24.3 Å². The molecule has 28 heavy (non-hydrogen) atoms. The van der Waals surface area contributed by atoms with Crippen LogP contribution in [0.4, 0.5) is 0 Å². The third-order valence-corrected chi connectivity index (χ3v) is 5.99. The number of carbonyl (C=O) groups excluding carboxylic acids is 2. The van der Waals surface area contributed by atoms with Crippen LogP contribution in [0, 0.1) is 5.41 Å². The van der Waals surface area contributed by atoms with Crippen LogP contribution in [0.5, 0.6) is 5.75 Å². The Morgan fingerprint density at radius 1 is 1.11 bits per heavy atom. The number of piperidine rings is 1. The van der Waals surface area contributed by atoms with E-state index in [2.05, 4.69) is 5.32 Å². The van der Waals surface area contributed by atoms with Crippen molar-refractivity contribution in [2.45, 2.75) is 32.1 Å². The summed E-state index contributed by atoms with van der Waals surface area (Å²) >= 11 is 0. The topological polar surface area (TPSA) is 88.9 Å². The molecule has 0 bridgehead atoms. The van der Waals surface area contributed by atoms with Gasteiger partial charge < -0.3 is 19.4 Å². The summed E-state index contributed by atoms with van der Waals surface area (Å²) < 4.78 is 10.8. The van der Waals surface area contributed by atoms with E-state index in [-0.39, 0.29) is 23.8 Å². The molecule has 2 aromatic rings. The molecule has 1 N–H and O–H groups in total. The van der Waals surface area contributed by atoms with Crippen molar-refractivity contribution in [2.75, 3.05) is 26.2 Å². The molecule has 0 unspecified atom stereocenters. The molecule has 2 aliphatic heterocycles. The number of ether oxygens (including phenoxy) is 1. The maximum Gasteiger partial charge on any atom is 0.336 e. The van der Waals surface area contributed by atoms with Crippen molar-refractivity contribution in [1.29, 1.82) is 0 Å². The van der Waals surface area contributed by atoms with Gasteiger partial charge in [0.2, 0.25) is 5.91 Å². The lowest BCUT2D eigenvalue weighted by molar-refractivity contribution is -0.136. The van der Waals surface area contributed by atoms with E-state index in [1.807, 2.05) is 4.90 Å². The van der Waals surface area contributed by atoms with Gasteiger partial charge in [-0.1, -0.05) is 0 Å². The molecule has 7 nitrogen and oxygen atoms in total. The van der Waals surface area contributed by atoms with Gasteiger partial charge in [-0.05, 0) is 49.3 Å². The normalized spacial score (nSPS) is 19.3. The first-order chi connectivity index (χ1) is 13.5. The maximum absolute atomic E-state index is 12.5. The average molecular weight is 384 g/mol. The van der Waals surface area contributed by atoms with Gasteiger partial charge in [0.1, 0.15) is 11.3 Å².